The lowest BCUT2D eigenvalue weighted by molar-refractivity contribution is 0.0623. The molecule has 0 aliphatic heterocycles. The van der Waals surface area contributed by atoms with Crippen molar-refractivity contribution in [1.29, 1.82) is 0 Å². The van der Waals surface area contributed by atoms with Gasteiger partial charge in [-0.1, -0.05) is 0 Å². The second kappa shape index (κ2) is 5.48. The highest BCUT2D eigenvalue weighted by atomic mass is 16.5. The first-order valence-electron chi connectivity index (χ1n) is 4.76. The molecule has 0 aromatic carbocycles. The molecule has 0 saturated heterocycles. The first-order chi connectivity index (χ1) is 7.52. The minimum atomic E-state index is -1.00. The van der Waals surface area contributed by atoms with E-state index in [9.17, 15) is 9.90 Å². The van der Waals surface area contributed by atoms with Gasteiger partial charge in [-0.2, -0.15) is 0 Å². The van der Waals surface area contributed by atoms with Gasteiger partial charge in [0.15, 0.2) is 0 Å². The van der Waals surface area contributed by atoms with Crippen LogP contribution in [0, 0.1) is 0 Å². The predicted octanol–water partition coefficient (Wildman–Crippen LogP) is 0.403. The number of ether oxygens (including phenoxy) is 1. The summed E-state index contributed by atoms with van der Waals surface area (Å²) >= 11 is 0. The van der Waals surface area contributed by atoms with Crippen LogP contribution in [0.4, 0.5) is 0 Å². The van der Waals surface area contributed by atoms with Crippen molar-refractivity contribution in [3.63, 3.8) is 0 Å². The van der Waals surface area contributed by atoms with Crippen molar-refractivity contribution in [2.75, 3.05) is 7.11 Å². The van der Waals surface area contributed by atoms with E-state index in [0.29, 0.717) is 5.75 Å². The monoisotopic (exact) mass is 226 g/mol. The van der Waals surface area contributed by atoms with Crippen LogP contribution >= 0.6 is 0 Å². The third kappa shape index (κ3) is 3.52. The largest absolute Gasteiger partial charge is 0.496 e. The van der Waals surface area contributed by atoms with E-state index in [4.69, 9.17) is 14.3 Å². The van der Waals surface area contributed by atoms with Crippen LogP contribution in [0.3, 0.4) is 0 Å². The molecule has 5 nitrogen and oxygen atoms in total. The van der Waals surface area contributed by atoms with Gasteiger partial charge in [0, 0.05) is 6.07 Å². The lowest BCUT2D eigenvalue weighted by Crippen LogP contribution is -2.19. The van der Waals surface area contributed by atoms with Crippen molar-refractivity contribution < 1.29 is 19.4 Å². The van der Waals surface area contributed by atoms with Crippen molar-refractivity contribution in [2.45, 2.75) is 19.1 Å². The molecule has 1 heterocycles. The molecule has 0 amide bonds. The maximum Gasteiger partial charge on any atom is 0.339 e. The fraction of sp³-hybridized carbons (Fsp3) is 0.364. The highest BCUT2D eigenvalue weighted by Gasteiger charge is 2.06. The van der Waals surface area contributed by atoms with Gasteiger partial charge in [0.1, 0.15) is 11.5 Å². The van der Waals surface area contributed by atoms with Crippen LogP contribution in [0.1, 0.15) is 12.7 Å². The number of methoxy groups -OCH3 is 1. The summed E-state index contributed by atoms with van der Waals surface area (Å²) in [5.74, 6) is 0.631. The molecule has 2 unspecified atom stereocenters. The fourth-order valence-corrected chi connectivity index (χ4v) is 1.03. The van der Waals surface area contributed by atoms with E-state index in [1.54, 1.807) is 0 Å². The molecule has 1 aromatic rings. The zero-order valence-electron chi connectivity index (χ0n) is 9.08. The Morgan fingerprint density at radius 1 is 1.44 bits per heavy atom. The Labute approximate surface area is 92.6 Å². The summed E-state index contributed by atoms with van der Waals surface area (Å²) in [6.45, 7) is 1.46. The topological polar surface area (TPSA) is 79.9 Å². The van der Waals surface area contributed by atoms with E-state index >= 15 is 0 Å². The summed E-state index contributed by atoms with van der Waals surface area (Å²) in [6, 6.07) is 2.72. The average Bonchev–Trinajstić information content (AvgIpc) is 2.24. The summed E-state index contributed by atoms with van der Waals surface area (Å²) in [7, 11) is 1.44. The first-order valence-corrected chi connectivity index (χ1v) is 4.76. The zero-order valence-corrected chi connectivity index (χ0v) is 9.08. The van der Waals surface area contributed by atoms with Crippen LogP contribution < -0.4 is 10.4 Å². The second-order valence-electron chi connectivity index (χ2n) is 3.31. The molecule has 0 fully saturated rings. The van der Waals surface area contributed by atoms with Crippen molar-refractivity contribution in [2.24, 2.45) is 0 Å². The number of hydrogen-bond donors (Lipinski definition) is 2. The van der Waals surface area contributed by atoms with Gasteiger partial charge >= 0.3 is 5.63 Å². The van der Waals surface area contributed by atoms with Gasteiger partial charge in [-0.25, -0.2) is 4.79 Å². The molecule has 0 saturated carbocycles. The van der Waals surface area contributed by atoms with E-state index in [1.165, 1.54) is 38.3 Å². The number of rotatable bonds is 4. The van der Waals surface area contributed by atoms with Crippen molar-refractivity contribution in [3.8, 4) is 5.75 Å². The molecule has 0 spiro atoms. The van der Waals surface area contributed by atoms with E-state index < -0.39 is 17.8 Å². The van der Waals surface area contributed by atoms with Crippen molar-refractivity contribution in [3.05, 3.63) is 34.4 Å². The molecule has 0 aliphatic rings. The molecule has 5 heteroatoms. The van der Waals surface area contributed by atoms with Crippen LogP contribution in [0.15, 0.2) is 27.4 Å². The quantitative estimate of drug-likeness (QED) is 0.777. The van der Waals surface area contributed by atoms with E-state index in [-0.39, 0.29) is 5.76 Å². The zero-order chi connectivity index (χ0) is 12.1. The van der Waals surface area contributed by atoms with Gasteiger partial charge in [-0.3, -0.25) is 0 Å². The number of hydrogen-bond acceptors (Lipinski definition) is 5. The van der Waals surface area contributed by atoms with Gasteiger partial charge in [0.2, 0.25) is 0 Å². The van der Waals surface area contributed by atoms with E-state index in [2.05, 4.69) is 0 Å². The minimum Gasteiger partial charge on any atom is -0.496 e. The molecule has 1 aromatic heterocycles. The van der Waals surface area contributed by atoms with Crippen LogP contribution in [0.5, 0.6) is 5.75 Å². The van der Waals surface area contributed by atoms with Crippen molar-refractivity contribution in [1.82, 2.24) is 0 Å². The summed E-state index contributed by atoms with van der Waals surface area (Å²) < 4.78 is 9.72. The van der Waals surface area contributed by atoms with Crippen LogP contribution in [0.2, 0.25) is 0 Å². The Hall–Kier alpha value is -1.59. The molecule has 0 radical (unpaired) electrons. The average molecular weight is 226 g/mol. The first kappa shape index (κ1) is 12.5. The van der Waals surface area contributed by atoms with Gasteiger partial charge in [-0.05, 0) is 19.1 Å². The smallest absolute Gasteiger partial charge is 0.339 e. The second-order valence-corrected chi connectivity index (χ2v) is 3.31. The molecule has 2 atom stereocenters. The van der Waals surface area contributed by atoms with Crippen molar-refractivity contribution >= 4 is 6.08 Å². The molecule has 0 aliphatic carbocycles. The van der Waals surface area contributed by atoms with Gasteiger partial charge in [0.25, 0.3) is 0 Å². The lowest BCUT2D eigenvalue weighted by atomic mass is 10.2. The van der Waals surface area contributed by atoms with Gasteiger partial charge in [-0.15, -0.1) is 0 Å². The highest BCUT2D eigenvalue weighted by molar-refractivity contribution is 5.45. The van der Waals surface area contributed by atoms with E-state index in [0.717, 1.165) is 0 Å². The molecule has 88 valence electrons. The van der Waals surface area contributed by atoms with Crippen LogP contribution in [0.25, 0.3) is 6.08 Å². The summed E-state index contributed by atoms with van der Waals surface area (Å²) in [5.41, 5.74) is -0.537. The SMILES string of the molecule is COc1cc(C=CC(O)C(C)O)oc(=O)c1. The molecule has 2 N–H and O–H groups in total. The molecule has 1 rings (SSSR count). The molecule has 16 heavy (non-hydrogen) atoms. The van der Waals surface area contributed by atoms with Gasteiger partial charge < -0.3 is 19.4 Å². The Kier molecular flexibility index (Phi) is 4.28. The Morgan fingerprint density at radius 2 is 2.12 bits per heavy atom. The number of aliphatic hydroxyl groups is 2. The van der Waals surface area contributed by atoms with Crippen LogP contribution in [-0.4, -0.2) is 29.5 Å². The Morgan fingerprint density at radius 3 is 2.69 bits per heavy atom. The molecular formula is C11H14O5. The van der Waals surface area contributed by atoms with E-state index in [1.807, 2.05) is 0 Å². The number of aliphatic hydroxyl groups excluding tert-OH is 2. The van der Waals surface area contributed by atoms with Gasteiger partial charge in [0.05, 0.1) is 25.4 Å². The Bertz CT molecular complexity index is 419. The molecule has 0 bridgehead atoms. The summed E-state index contributed by atoms with van der Waals surface area (Å²) in [4.78, 5) is 11.1. The Balaban J connectivity index is 2.89. The highest BCUT2D eigenvalue weighted by Crippen LogP contribution is 2.11. The summed E-state index contributed by atoms with van der Waals surface area (Å²) in [5, 5.41) is 18.3. The fourth-order valence-electron chi connectivity index (χ4n) is 1.03. The van der Waals surface area contributed by atoms with Crippen LogP contribution in [-0.2, 0) is 0 Å². The lowest BCUT2D eigenvalue weighted by Gasteiger charge is -2.07. The summed E-state index contributed by atoms with van der Waals surface area (Å²) in [6.07, 6.45) is 0.856. The maximum absolute atomic E-state index is 11.1. The normalized spacial score (nSPS) is 15.0. The molecular weight excluding hydrogens is 212 g/mol. The third-order valence-corrected chi connectivity index (χ3v) is 1.95. The predicted molar refractivity (Wildman–Crippen MR) is 58.3 cm³/mol. The maximum atomic E-state index is 11.1. The standard InChI is InChI=1S/C11H14O5/c1-7(12)10(13)4-3-8-5-9(15-2)6-11(14)16-8/h3-7,10,12-13H,1-2H3. The third-order valence-electron chi connectivity index (χ3n) is 1.95. The minimum absolute atomic E-state index is 0.254.